The zero-order valence-corrected chi connectivity index (χ0v) is 15.3. The number of nitrogens with one attached hydrogen (secondary N) is 2. The van der Waals surface area contributed by atoms with E-state index in [4.69, 9.17) is 5.73 Å². The molecule has 9 nitrogen and oxygen atoms in total. The molecule has 0 aliphatic heterocycles. The minimum atomic E-state index is -1.04. The summed E-state index contributed by atoms with van der Waals surface area (Å²) in [6, 6.07) is 3.53. The first-order valence-electron chi connectivity index (χ1n) is 8.42. The molecule has 1 aromatic carbocycles. The number of nitrogens with zero attached hydrogens (tertiary/aromatic N) is 4. The van der Waals surface area contributed by atoms with E-state index in [-0.39, 0.29) is 16.9 Å². The fourth-order valence-electron chi connectivity index (χ4n) is 3.13. The summed E-state index contributed by atoms with van der Waals surface area (Å²) in [7, 11) is 1.71. The van der Waals surface area contributed by atoms with Gasteiger partial charge in [-0.2, -0.15) is 10.2 Å². The van der Waals surface area contributed by atoms with Crippen LogP contribution in [0, 0.1) is 11.6 Å². The van der Waals surface area contributed by atoms with Crippen molar-refractivity contribution < 1.29 is 13.6 Å². The van der Waals surface area contributed by atoms with E-state index in [1.165, 1.54) is 13.1 Å². The Kier molecular flexibility index (Phi) is 4.14. The standard InChI is InChI=1S/C18H15F2N7O2/c1-8(28)22-9-5-11(19)16(12(20)6-9)27-7-10(13-3-4-26(2)25-13)15-14(18(27)29)17(21)24-23-15/h3-7H,1-2H3,(H,22,28)(H3,21,23,24). The molecule has 29 heavy (non-hydrogen) atoms. The van der Waals surface area contributed by atoms with Gasteiger partial charge in [-0.25, -0.2) is 8.78 Å². The number of benzene rings is 1. The molecule has 3 heterocycles. The van der Waals surface area contributed by atoms with Crippen LogP contribution in [0.1, 0.15) is 6.92 Å². The number of nitrogens with two attached hydrogens (primary N) is 1. The number of aryl methyl sites for hydroxylation is 1. The molecule has 148 valence electrons. The molecule has 4 rings (SSSR count). The van der Waals surface area contributed by atoms with E-state index in [1.807, 2.05) is 0 Å². The molecule has 11 heteroatoms. The second-order valence-electron chi connectivity index (χ2n) is 6.42. The number of pyridine rings is 1. The van der Waals surface area contributed by atoms with Crippen molar-refractivity contribution in [1.82, 2.24) is 24.5 Å². The topological polar surface area (TPSA) is 124 Å². The highest BCUT2D eigenvalue weighted by Gasteiger charge is 2.22. The predicted octanol–water partition coefficient (Wildman–Crippen LogP) is 1.93. The van der Waals surface area contributed by atoms with Gasteiger partial charge in [-0.15, -0.1) is 0 Å². The first-order valence-corrected chi connectivity index (χ1v) is 8.42. The largest absolute Gasteiger partial charge is 0.382 e. The zero-order valence-electron chi connectivity index (χ0n) is 15.3. The molecule has 0 unspecified atom stereocenters. The van der Waals surface area contributed by atoms with Crippen LogP contribution in [0.3, 0.4) is 0 Å². The van der Waals surface area contributed by atoms with Gasteiger partial charge in [-0.1, -0.05) is 0 Å². The van der Waals surface area contributed by atoms with Crippen LogP contribution in [0.15, 0.2) is 35.4 Å². The fourth-order valence-corrected chi connectivity index (χ4v) is 3.13. The molecule has 0 fully saturated rings. The van der Waals surface area contributed by atoms with Gasteiger partial charge in [0.05, 0.1) is 11.2 Å². The summed E-state index contributed by atoms with van der Waals surface area (Å²) >= 11 is 0. The lowest BCUT2D eigenvalue weighted by molar-refractivity contribution is -0.114. The Balaban J connectivity index is 2.02. The molecular formula is C18H15F2N7O2. The highest BCUT2D eigenvalue weighted by molar-refractivity contribution is 5.97. The first-order chi connectivity index (χ1) is 13.8. The Morgan fingerprint density at radius 1 is 1.28 bits per heavy atom. The van der Waals surface area contributed by atoms with Crippen LogP contribution in [0.5, 0.6) is 0 Å². The number of hydrogen-bond donors (Lipinski definition) is 3. The average Bonchev–Trinajstić information content (AvgIpc) is 3.22. The number of hydrogen-bond acceptors (Lipinski definition) is 5. The van der Waals surface area contributed by atoms with Crippen molar-refractivity contribution in [3.8, 4) is 16.9 Å². The lowest BCUT2D eigenvalue weighted by Crippen LogP contribution is -2.21. The molecule has 0 bridgehead atoms. The second-order valence-corrected chi connectivity index (χ2v) is 6.42. The van der Waals surface area contributed by atoms with Gasteiger partial charge in [0.1, 0.15) is 11.1 Å². The van der Waals surface area contributed by atoms with Crippen molar-refractivity contribution in [2.45, 2.75) is 6.92 Å². The van der Waals surface area contributed by atoms with Gasteiger partial charge in [0.25, 0.3) is 5.56 Å². The normalized spacial score (nSPS) is 11.2. The minimum absolute atomic E-state index is 0.0158. The average molecular weight is 399 g/mol. The quantitative estimate of drug-likeness (QED) is 0.486. The van der Waals surface area contributed by atoms with Crippen molar-refractivity contribution >= 4 is 28.3 Å². The van der Waals surface area contributed by atoms with E-state index in [9.17, 15) is 18.4 Å². The third-order valence-corrected chi connectivity index (χ3v) is 4.32. The first kappa shape index (κ1) is 18.3. The monoisotopic (exact) mass is 399 g/mol. The summed E-state index contributed by atoms with van der Waals surface area (Å²) in [6.45, 7) is 1.21. The molecule has 4 aromatic rings. The van der Waals surface area contributed by atoms with Gasteiger partial charge in [0, 0.05) is 37.6 Å². The Morgan fingerprint density at radius 3 is 2.55 bits per heavy atom. The van der Waals surface area contributed by atoms with Crippen LogP contribution >= 0.6 is 0 Å². The van der Waals surface area contributed by atoms with Gasteiger partial charge in [0.15, 0.2) is 17.5 Å². The Labute approximate surface area is 161 Å². The zero-order chi connectivity index (χ0) is 20.9. The summed E-state index contributed by atoms with van der Waals surface area (Å²) in [5, 5.41) is 13.1. The van der Waals surface area contributed by atoms with Crippen LogP contribution in [0.4, 0.5) is 20.3 Å². The molecule has 0 aliphatic rings. The van der Waals surface area contributed by atoms with Crippen LogP contribution in [0.2, 0.25) is 0 Å². The van der Waals surface area contributed by atoms with Crippen LogP contribution in [-0.4, -0.2) is 30.5 Å². The number of rotatable bonds is 3. The molecule has 4 N–H and O–H groups in total. The van der Waals surface area contributed by atoms with Gasteiger partial charge >= 0.3 is 0 Å². The molecule has 1 amide bonds. The number of amides is 1. The summed E-state index contributed by atoms with van der Waals surface area (Å²) in [4.78, 5) is 24.1. The van der Waals surface area contributed by atoms with Crippen molar-refractivity contribution in [1.29, 1.82) is 0 Å². The maximum Gasteiger partial charge on any atom is 0.268 e. The number of anilines is 2. The van der Waals surface area contributed by atoms with Crippen LogP contribution in [-0.2, 0) is 11.8 Å². The Bertz CT molecular complexity index is 1310. The molecule has 0 saturated heterocycles. The SMILES string of the molecule is CC(=O)Nc1cc(F)c(-n2cc(-c3ccn(C)n3)c3[nH]nc(N)c3c2=O)c(F)c1. The summed E-state index contributed by atoms with van der Waals surface area (Å²) in [5.74, 6) is -2.67. The lowest BCUT2D eigenvalue weighted by Gasteiger charge is -2.13. The molecule has 3 aromatic heterocycles. The van der Waals surface area contributed by atoms with E-state index in [2.05, 4.69) is 20.6 Å². The number of aromatic nitrogens is 5. The van der Waals surface area contributed by atoms with E-state index < -0.39 is 28.8 Å². The van der Waals surface area contributed by atoms with E-state index in [0.29, 0.717) is 16.8 Å². The molecule has 0 atom stereocenters. The number of aromatic amines is 1. The van der Waals surface area contributed by atoms with Gasteiger partial charge < -0.3 is 11.1 Å². The van der Waals surface area contributed by atoms with Crippen molar-refractivity contribution in [3.05, 3.63) is 52.6 Å². The van der Waals surface area contributed by atoms with Gasteiger partial charge in [0.2, 0.25) is 5.91 Å². The maximum atomic E-state index is 14.8. The number of fused-ring (bicyclic) bond motifs is 1. The predicted molar refractivity (Wildman–Crippen MR) is 103 cm³/mol. The van der Waals surface area contributed by atoms with E-state index >= 15 is 0 Å². The summed E-state index contributed by atoms with van der Waals surface area (Å²) in [6.07, 6.45) is 2.95. The molecule has 0 spiro atoms. The van der Waals surface area contributed by atoms with Crippen molar-refractivity contribution in [2.24, 2.45) is 7.05 Å². The van der Waals surface area contributed by atoms with Crippen molar-refractivity contribution in [3.63, 3.8) is 0 Å². The minimum Gasteiger partial charge on any atom is -0.382 e. The van der Waals surface area contributed by atoms with Crippen molar-refractivity contribution in [2.75, 3.05) is 11.1 Å². The highest BCUT2D eigenvalue weighted by atomic mass is 19.1. The molecule has 0 saturated carbocycles. The van der Waals surface area contributed by atoms with Gasteiger partial charge in [-0.05, 0) is 18.2 Å². The number of carbonyl (C=O) groups excluding carboxylic acids is 1. The van der Waals surface area contributed by atoms with E-state index in [1.54, 1.807) is 24.0 Å². The summed E-state index contributed by atoms with van der Waals surface area (Å²) < 4.78 is 31.9. The smallest absolute Gasteiger partial charge is 0.268 e. The highest BCUT2D eigenvalue weighted by Crippen LogP contribution is 2.29. The molecule has 0 radical (unpaired) electrons. The number of H-pyrrole nitrogens is 1. The third-order valence-electron chi connectivity index (χ3n) is 4.32. The maximum absolute atomic E-state index is 14.8. The molecular weight excluding hydrogens is 384 g/mol. The lowest BCUT2D eigenvalue weighted by atomic mass is 10.1. The Hall–Kier alpha value is -4.02. The van der Waals surface area contributed by atoms with Crippen LogP contribution in [0.25, 0.3) is 27.8 Å². The van der Waals surface area contributed by atoms with Gasteiger partial charge in [-0.3, -0.25) is 23.9 Å². The number of halogens is 2. The van der Waals surface area contributed by atoms with E-state index in [0.717, 1.165) is 16.7 Å². The number of carbonyl (C=O) groups is 1. The summed E-state index contributed by atoms with van der Waals surface area (Å²) in [5.41, 5.74) is 5.52. The Morgan fingerprint density at radius 2 is 1.97 bits per heavy atom. The second kappa shape index (κ2) is 6.55. The third kappa shape index (κ3) is 3.02. The fraction of sp³-hybridized carbons (Fsp3) is 0.111. The molecule has 0 aliphatic carbocycles. The number of nitrogen functional groups attached to an aromatic ring is 1. The van der Waals surface area contributed by atoms with Crippen LogP contribution < -0.4 is 16.6 Å².